The number of phenols is 1. The van der Waals surface area contributed by atoms with Gasteiger partial charge in [-0.2, -0.15) is 0 Å². The molecule has 4 nitrogen and oxygen atoms in total. The highest BCUT2D eigenvalue weighted by atomic mass is 79.9. The van der Waals surface area contributed by atoms with Crippen LogP contribution >= 0.6 is 31.9 Å². The van der Waals surface area contributed by atoms with Crippen molar-refractivity contribution in [2.45, 2.75) is 65.7 Å². The molecule has 1 N–H and O–H groups in total. The van der Waals surface area contributed by atoms with Crippen LogP contribution < -0.4 is 0 Å². The lowest BCUT2D eigenvalue weighted by Gasteiger charge is -2.49. The SMILES string of the molecule is CC1(C)CC(=O)C2=C(C1)N(CCc1ccccc1)C1=C(C(=O)CC(C)(C)C1)C2c1cc(Br)c(O)c(Br)c1. The number of hydrogen-bond donors (Lipinski definition) is 1. The Hall–Kier alpha value is -2.18. The summed E-state index contributed by atoms with van der Waals surface area (Å²) in [6, 6.07) is 14.1. The van der Waals surface area contributed by atoms with E-state index in [1.807, 2.05) is 18.2 Å². The average Bonchev–Trinajstić information content (AvgIpc) is 2.79. The number of halogens is 2. The van der Waals surface area contributed by atoms with Gasteiger partial charge in [0.15, 0.2) is 11.6 Å². The van der Waals surface area contributed by atoms with Gasteiger partial charge in [0, 0.05) is 47.8 Å². The second-order valence-corrected chi connectivity index (χ2v) is 14.0. The molecule has 3 aliphatic rings. The van der Waals surface area contributed by atoms with Crippen molar-refractivity contribution in [3.05, 3.63) is 85.1 Å². The largest absolute Gasteiger partial charge is 0.506 e. The van der Waals surface area contributed by atoms with Crippen molar-refractivity contribution in [2.24, 2.45) is 10.8 Å². The molecule has 37 heavy (non-hydrogen) atoms. The summed E-state index contributed by atoms with van der Waals surface area (Å²) in [5.41, 5.74) is 5.40. The number of Topliss-reactive ketones (excluding diaryl/α,β-unsaturated/α-hetero) is 2. The monoisotopic (exact) mass is 625 g/mol. The van der Waals surface area contributed by atoms with Crippen molar-refractivity contribution in [3.8, 4) is 5.75 Å². The summed E-state index contributed by atoms with van der Waals surface area (Å²) >= 11 is 6.95. The Labute approximate surface area is 236 Å². The van der Waals surface area contributed by atoms with Gasteiger partial charge in [-0.25, -0.2) is 0 Å². The standard InChI is InChI=1S/C31H33Br2NO3/c1-30(2)14-22-27(24(35)16-30)26(19-12-20(32)29(37)21(33)13-19)28-23(15-31(3,4)17-25(28)36)34(22)11-10-18-8-6-5-7-9-18/h5-9,12-13,26,37H,10-11,14-17H2,1-4H3. The summed E-state index contributed by atoms with van der Waals surface area (Å²) in [7, 11) is 0. The first-order valence-electron chi connectivity index (χ1n) is 12.9. The van der Waals surface area contributed by atoms with Crippen LogP contribution in [-0.2, 0) is 16.0 Å². The van der Waals surface area contributed by atoms with E-state index in [4.69, 9.17) is 0 Å². The maximum atomic E-state index is 13.9. The average molecular weight is 627 g/mol. The number of phenolic OH excluding ortho intramolecular Hbond substituents is 1. The zero-order chi connectivity index (χ0) is 26.7. The highest BCUT2D eigenvalue weighted by Crippen LogP contribution is 2.55. The van der Waals surface area contributed by atoms with Gasteiger partial charge in [-0.05, 0) is 85.2 Å². The van der Waals surface area contributed by atoms with Gasteiger partial charge in [0.1, 0.15) is 5.75 Å². The summed E-state index contributed by atoms with van der Waals surface area (Å²) in [4.78, 5) is 30.1. The van der Waals surface area contributed by atoms with Crippen LogP contribution in [0.4, 0.5) is 0 Å². The number of hydrogen-bond acceptors (Lipinski definition) is 4. The molecule has 2 aromatic carbocycles. The number of allylic oxidation sites excluding steroid dienone is 4. The lowest BCUT2D eigenvalue weighted by Crippen LogP contribution is -2.45. The van der Waals surface area contributed by atoms with E-state index in [9.17, 15) is 14.7 Å². The fourth-order valence-corrected chi connectivity index (χ4v) is 7.51. The van der Waals surface area contributed by atoms with Crippen molar-refractivity contribution in [1.82, 2.24) is 4.90 Å². The third-order valence-corrected chi connectivity index (χ3v) is 9.07. The molecule has 0 saturated carbocycles. The number of carbonyl (C=O) groups excluding carboxylic acids is 2. The van der Waals surface area contributed by atoms with Gasteiger partial charge in [-0.1, -0.05) is 58.0 Å². The Morgan fingerprint density at radius 3 is 1.81 bits per heavy atom. The molecule has 0 aromatic heterocycles. The molecule has 194 valence electrons. The van der Waals surface area contributed by atoms with E-state index in [0.29, 0.717) is 21.8 Å². The van der Waals surface area contributed by atoms with Crippen LogP contribution in [0.5, 0.6) is 5.75 Å². The summed E-state index contributed by atoms with van der Waals surface area (Å²) in [6.07, 6.45) is 3.31. The number of carbonyl (C=O) groups is 2. The van der Waals surface area contributed by atoms with Gasteiger partial charge in [-0.3, -0.25) is 9.59 Å². The molecular weight excluding hydrogens is 594 g/mol. The Kier molecular flexibility index (Phi) is 6.81. The Morgan fingerprint density at radius 1 is 0.838 bits per heavy atom. The molecule has 1 aliphatic heterocycles. The van der Waals surface area contributed by atoms with Crippen LogP contribution in [0.2, 0.25) is 0 Å². The first-order chi connectivity index (χ1) is 17.4. The van der Waals surface area contributed by atoms with Crippen LogP contribution in [0.3, 0.4) is 0 Å². The van der Waals surface area contributed by atoms with Crippen molar-refractivity contribution in [3.63, 3.8) is 0 Å². The van der Waals surface area contributed by atoms with Crippen LogP contribution in [0.15, 0.2) is 74.0 Å². The highest BCUT2D eigenvalue weighted by Gasteiger charge is 2.49. The zero-order valence-electron chi connectivity index (χ0n) is 21.8. The molecule has 2 aromatic rings. The molecule has 0 bridgehead atoms. The highest BCUT2D eigenvalue weighted by molar-refractivity contribution is 9.11. The van der Waals surface area contributed by atoms with E-state index in [1.54, 1.807) is 0 Å². The van der Waals surface area contributed by atoms with Gasteiger partial charge in [0.2, 0.25) is 0 Å². The summed E-state index contributed by atoms with van der Waals surface area (Å²) in [5.74, 6) is -0.0889. The van der Waals surface area contributed by atoms with E-state index in [1.165, 1.54) is 5.56 Å². The maximum absolute atomic E-state index is 13.9. The Morgan fingerprint density at radius 2 is 1.32 bits per heavy atom. The summed E-state index contributed by atoms with van der Waals surface area (Å²) in [6.45, 7) is 9.36. The molecule has 0 unspecified atom stereocenters. The van der Waals surface area contributed by atoms with E-state index >= 15 is 0 Å². The van der Waals surface area contributed by atoms with Crippen molar-refractivity contribution >= 4 is 43.4 Å². The van der Waals surface area contributed by atoms with Gasteiger partial charge in [-0.15, -0.1) is 0 Å². The van der Waals surface area contributed by atoms with E-state index in [2.05, 4.69) is 88.7 Å². The summed E-state index contributed by atoms with van der Waals surface area (Å²) in [5, 5.41) is 10.4. The molecule has 0 fully saturated rings. The molecular formula is C31H33Br2NO3. The number of aromatic hydroxyl groups is 1. The first kappa shape index (κ1) is 26.4. The van der Waals surface area contributed by atoms with E-state index < -0.39 is 5.92 Å². The summed E-state index contributed by atoms with van der Waals surface area (Å²) < 4.78 is 1.08. The maximum Gasteiger partial charge on any atom is 0.162 e. The Bertz CT molecular complexity index is 1280. The van der Waals surface area contributed by atoms with E-state index in [0.717, 1.165) is 53.9 Å². The van der Waals surface area contributed by atoms with Gasteiger partial charge in [0.05, 0.1) is 8.95 Å². The van der Waals surface area contributed by atoms with Crippen molar-refractivity contribution in [2.75, 3.05) is 6.54 Å². The van der Waals surface area contributed by atoms with Gasteiger partial charge < -0.3 is 10.0 Å². The molecule has 5 rings (SSSR count). The van der Waals surface area contributed by atoms with E-state index in [-0.39, 0.29) is 28.1 Å². The molecule has 0 spiro atoms. The predicted octanol–water partition coefficient (Wildman–Crippen LogP) is 7.85. The number of rotatable bonds is 4. The van der Waals surface area contributed by atoms with Crippen molar-refractivity contribution in [1.29, 1.82) is 0 Å². The fourth-order valence-electron chi connectivity index (χ4n) is 6.29. The Balaban J connectivity index is 1.73. The minimum atomic E-state index is -0.432. The van der Waals surface area contributed by atoms with Crippen molar-refractivity contribution < 1.29 is 14.7 Å². The third kappa shape index (κ3) is 4.99. The van der Waals surface area contributed by atoms with Crippen LogP contribution in [0, 0.1) is 10.8 Å². The minimum Gasteiger partial charge on any atom is -0.506 e. The lowest BCUT2D eigenvalue weighted by atomic mass is 9.63. The molecule has 0 saturated heterocycles. The third-order valence-electron chi connectivity index (χ3n) is 7.86. The molecule has 2 aliphatic carbocycles. The fraction of sp³-hybridized carbons (Fsp3) is 0.419. The second kappa shape index (κ2) is 9.53. The first-order valence-corrected chi connectivity index (χ1v) is 14.5. The topological polar surface area (TPSA) is 57.6 Å². The lowest BCUT2D eigenvalue weighted by molar-refractivity contribution is -0.119. The number of ketones is 2. The molecule has 0 amide bonds. The molecule has 6 heteroatoms. The second-order valence-electron chi connectivity index (χ2n) is 12.3. The molecule has 0 atom stereocenters. The quantitative estimate of drug-likeness (QED) is 0.376. The molecule has 1 heterocycles. The van der Waals surface area contributed by atoms with Crippen LogP contribution in [0.1, 0.15) is 70.4 Å². The number of benzene rings is 2. The predicted molar refractivity (Wildman–Crippen MR) is 153 cm³/mol. The van der Waals surface area contributed by atoms with Gasteiger partial charge >= 0.3 is 0 Å². The van der Waals surface area contributed by atoms with Crippen LogP contribution in [-0.4, -0.2) is 28.1 Å². The van der Waals surface area contributed by atoms with Gasteiger partial charge in [0.25, 0.3) is 0 Å². The normalized spacial score (nSPS) is 21.3. The minimum absolute atomic E-state index is 0.111. The smallest absolute Gasteiger partial charge is 0.162 e. The van der Waals surface area contributed by atoms with Crippen LogP contribution in [0.25, 0.3) is 0 Å². The number of nitrogens with zero attached hydrogens (tertiary/aromatic N) is 1. The molecule has 0 radical (unpaired) electrons. The zero-order valence-corrected chi connectivity index (χ0v) is 25.0.